The van der Waals surface area contributed by atoms with Crippen LogP contribution >= 0.6 is 0 Å². The van der Waals surface area contributed by atoms with Gasteiger partial charge in [-0.2, -0.15) is 0 Å². The van der Waals surface area contributed by atoms with E-state index in [1.807, 2.05) is 19.1 Å². The molecule has 0 aliphatic heterocycles. The molecule has 0 fully saturated rings. The van der Waals surface area contributed by atoms with Crippen LogP contribution in [-0.2, 0) is 9.59 Å². The fourth-order valence-corrected chi connectivity index (χ4v) is 1.21. The first kappa shape index (κ1) is 12.1. The highest BCUT2D eigenvalue weighted by molar-refractivity contribution is 6.02. The molecule has 0 N–H and O–H groups in total. The summed E-state index contributed by atoms with van der Waals surface area (Å²) in [6.07, 6.45) is 5.22. The van der Waals surface area contributed by atoms with Crippen LogP contribution in [0.25, 0.3) is 0 Å². The van der Waals surface area contributed by atoms with Crippen molar-refractivity contribution in [1.82, 2.24) is 0 Å². The molecule has 0 amide bonds. The molecular formula is C11H18O2. The van der Waals surface area contributed by atoms with E-state index in [2.05, 4.69) is 0 Å². The summed E-state index contributed by atoms with van der Waals surface area (Å²) in [6.45, 7) is 5.49. The molecule has 0 spiro atoms. The van der Waals surface area contributed by atoms with Crippen LogP contribution in [0.1, 0.15) is 40.0 Å². The second kappa shape index (κ2) is 6.58. The van der Waals surface area contributed by atoms with Crippen molar-refractivity contribution >= 4 is 11.6 Å². The molecule has 0 saturated carbocycles. The average Bonchev–Trinajstić information content (AvgIpc) is 2.17. The van der Waals surface area contributed by atoms with Crippen molar-refractivity contribution in [2.24, 2.45) is 5.92 Å². The number of rotatable bonds is 6. The third-order valence-electron chi connectivity index (χ3n) is 2.08. The van der Waals surface area contributed by atoms with Gasteiger partial charge in [0, 0.05) is 12.8 Å². The predicted molar refractivity (Wildman–Crippen MR) is 53.5 cm³/mol. The van der Waals surface area contributed by atoms with E-state index in [9.17, 15) is 9.59 Å². The highest BCUT2D eigenvalue weighted by Crippen LogP contribution is 2.11. The summed E-state index contributed by atoms with van der Waals surface area (Å²) in [5.41, 5.74) is 0. The molecule has 2 nitrogen and oxygen atoms in total. The molecule has 13 heavy (non-hydrogen) atoms. The maximum atomic E-state index is 11.4. The molecule has 0 heterocycles. The monoisotopic (exact) mass is 182 g/mol. The summed E-state index contributed by atoms with van der Waals surface area (Å²) < 4.78 is 0. The van der Waals surface area contributed by atoms with Crippen molar-refractivity contribution in [3.05, 3.63) is 12.2 Å². The highest BCUT2D eigenvalue weighted by Gasteiger charge is 2.21. The van der Waals surface area contributed by atoms with Crippen LogP contribution in [0.15, 0.2) is 12.2 Å². The molecule has 0 atom stereocenters. The summed E-state index contributed by atoms with van der Waals surface area (Å²) in [4.78, 5) is 22.7. The maximum absolute atomic E-state index is 11.4. The Morgan fingerprint density at radius 3 is 1.92 bits per heavy atom. The Bertz CT molecular complexity index is 188. The fraction of sp³-hybridized carbons (Fsp3) is 0.636. The molecule has 2 heteroatoms. The molecule has 0 aromatic carbocycles. The van der Waals surface area contributed by atoms with Crippen LogP contribution in [0.4, 0.5) is 0 Å². The molecule has 0 aliphatic carbocycles. The van der Waals surface area contributed by atoms with E-state index in [1.54, 1.807) is 13.8 Å². The van der Waals surface area contributed by atoms with Crippen LogP contribution in [0.5, 0.6) is 0 Å². The minimum Gasteiger partial charge on any atom is -0.299 e. The molecule has 0 rings (SSSR count). The molecular weight excluding hydrogens is 164 g/mol. The first-order chi connectivity index (χ1) is 6.17. The predicted octanol–water partition coefficient (Wildman–Crippen LogP) is 2.53. The normalized spacial score (nSPS) is 11.1. The van der Waals surface area contributed by atoms with Gasteiger partial charge in [0.1, 0.15) is 11.6 Å². The minimum atomic E-state index is -0.397. The van der Waals surface area contributed by atoms with Crippen LogP contribution < -0.4 is 0 Å². The zero-order chi connectivity index (χ0) is 10.3. The molecule has 0 saturated heterocycles. The Kier molecular flexibility index (Phi) is 6.11. The quantitative estimate of drug-likeness (QED) is 0.467. The lowest BCUT2D eigenvalue weighted by Gasteiger charge is -2.09. The number of allylic oxidation sites excluding steroid dienone is 2. The summed E-state index contributed by atoms with van der Waals surface area (Å²) >= 11 is 0. The van der Waals surface area contributed by atoms with Gasteiger partial charge in [0.15, 0.2) is 0 Å². The van der Waals surface area contributed by atoms with Crippen molar-refractivity contribution in [3.8, 4) is 0 Å². The summed E-state index contributed by atoms with van der Waals surface area (Å²) in [5, 5.41) is 0. The van der Waals surface area contributed by atoms with E-state index in [4.69, 9.17) is 0 Å². The minimum absolute atomic E-state index is 0.0601. The lowest BCUT2D eigenvalue weighted by Crippen LogP contribution is -2.22. The van der Waals surface area contributed by atoms with Gasteiger partial charge in [-0.1, -0.05) is 26.0 Å². The summed E-state index contributed by atoms with van der Waals surface area (Å²) in [7, 11) is 0. The lowest BCUT2D eigenvalue weighted by atomic mass is 9.92. The Morgan fingerprint density at radius 2 is 1.62 bits per heavy atom. The van der Waals surface area contributed by atoms with E-state index in [0.717, 1.165) is 0 Å². The average molecular weight is 182 g/mol. The number of hydrogen-bond acceptors (Lipinski definition) is 2. The number of ketones is 2. The van der Waals surface area contributed by atoms with Gasteiger partial charge in [0.2, 0.25) is 0 Å². The van der Waals surface area contributed by atoms with E-state index in [-0.39, 0.29) is 11.6 Å². The Hall–Kier alpha value is -0.920. The summed E-state index contributed by atoms with van der Waals surface area (Å²) in [6, 6.07) is 0. The standard InChI is InChI=1S/C11H18O2/c1-4-7-8-9(10(12)5-2)11(13)6-3/h4,7,9H,5-6,8H2,1-3H3. The largest absolute Gasteiger partial charge is 0.299 e. The van der Waals surface area contributed by atoms with Crippen LogP contribution in [0.2, 0.25) is 0 Å². The smallest absolute Gasteiger partial charge is 0.143 e. The van der Waals surface area contributed by atoms with Crippen molar-refractivity contribution in [1.29, 1.82) is 0 Å². The molecule has 0 unspecified atom stereocenters. The highest BCUT2D eigenvalue weighted by atomic mass is 16.1. The first-order valence-corrected chi connectivity index (χ1v) is 4.83. The van der Waals surface area contributed by atoms with Crippen LogP contribution in [0, 0.1) is 5.92 Å². The van der Waals surface area contributed by atoms with Crippen molar-refractivity contribution in [3.63, 3.8) is 0 Å². The fourth-order valence-electron chi connectivity index (χ4n) is 1.21. The number of hydrogen-bond donors (Lipinski definition) is 0. The number of carbonyl (C=O) groups excluding carboxylic acids is 2. The second-order valence-corrected chi connectivity index (χ2v) is 3.00. The van der Waals surface area contributed by atoms with E-state index >= 15 is 0 Å². The topological polar surface area (TPSA) is 34.1 Å². The Balaban J connectivity index is 4.35. The van der Waals surface area contributed by atoms with E-state index in [1.165, 1.54) is 0 Å². The number of carbonyl (C=O) groups is 2. The third-order valence-corrected chi connectivity index (χ3v) is 2.08. The first-order valence-electron chi connectivity index (χ1n) is 4.83. The lowest BCUT2D eigenvalue weighted by molar-refractivity contribution is -0.132. The van der Waals surface area contributed by atoms with Crippen LogP contribution in [0.3, 0.4) is 0 Å². The molecule has 0 aromatic rings. The Morgan fingerprint density at radius 1 is 1.15 bits per heavy atom. The van der Waals surface area contributed by atoms with Crippen LogP contribution in [-0.4, -0.2) is 11.6 Å². The van der Waals surface area contributed by atoms with Crippen molar-refractivity contribution in [2.75, 3.05) is 0 Å². The van der Waals surface area contributed by atoms with Gasteiger partial charge in [-0.15, -0.1) is 0 Å². The SMILES string of the molecule is CC=CCC(C(=O)CC)C(=O)CC. The zero-order valence-electron chi connectivity index (χ0n) is 8.67. The molecule has 0 radical (unpaired) electrons. The van der Waals surface area contributed by atoms with Gasteiger partial charge in [-0.3, -0.25) is 9.59 Å². The van der Waals surface area contributed by atoms with Gasteiger partial charge >= 0.3 is 0 Å². The molecule has 74 valence electrons. The van der Waals surface area contributed by atoms with Gasteiger partial charge in [-0.25, -0.2) is 0 Å². The molecule has 0 aromatic heterocycles. The van der Waals surface area contributed by atoms with E-state index in [0.29, 0.717) is 19.3 Å². The zero-order valence-corrected chi connectivity index (χ0v) is 8.67. The Labute approximate surface area is 80.0 Å². The van der Waals surface area contributed by atoms with Gasteiger partial charge in [-0.05, 0) is 13.3 Å². The van der Waals surface area contributed by atoms with Gasteiger partial charge in [0.25, 0.3) is 0 Å². The third kappa shape index (κ3) is 4.02. The van der Waals surface area contributed by atoms with Crippen molar-refractivity contribution < 1.29 is 9.59 Å². The summed E-state index contributed by atoms with van der Waals surface area (Å²) in [5.74, 6) is -0.277. The number of Topliss-reactive ketones (excluding diaryl/α,β-unsaturated/α-hetero) is 2. The van der Waals surface area contributed by atoms with E-state index < -0.39 is 5.92 Å². The maximum Gasteiger partial charge on any atom is 0.143 e. The van der Waals surface area contributed by atoms with Crippen molar-refractivity contribution in [2.45, 2.75) is 40.0 Å². The second-order valence-electron chi connectivity index (χ2n) is 3.00. The van der Waals surface area contributed by atoms with Gasteiger partial charge in [0.05, 0.1) is 5.92 Å². The van der Waals surface area contributed by atoms with Gasteiger partial charge < -0.3 is 0 Å². The molecule has 0 aliphatic rings. The molecule has 0 bridgehead atoms.